The number of carbonyl (C=O) groups excluding carboxylic acids is 2. The summed E-state index contributed by atoms with van der Waals surface area (Å²) in [7, 11) is 0. The Kier molecular flexibility index (Phi) is 7.16. The van der Waals surface area contributed by atoms with Crippen LogP contribution in [-0.4, -0.2) is 32.1 Å². The molecule has 0 radical (unpaired) electrons. The number of nitrogens with zero attached hydrogens (tertiary/aromatic N) is 3. The number of hydrogen-bond acceptors (Lipinski definition) is 8. The van der Waals surface area contributed by atoms with E-state index in [1.807, 2.05) is 60.7 Å². The smallest absolute Gasteiger partial charge is 0.296 e. The number of aliphatic hydroxyl groups excluding tert-OH is 1. The lowest BCUT2D eigenvalue weighted by atomic mass is 9.95. The maximum Gasteiger partial charge on any atom is 0.296 e. The quantitative estimate of drug-likeness (QED) is 0.172. The number of thioether (sulfide) groups is 1. The zero-order valence-corrected chi connectivity index (χ0v) is 21.0. The van der Waals surface area contributed by atoms with Crippen molar-refractivity contribution in [2.24, 2.45) is 0 Å². The first-order valence-electron chi connectivity index (χ1n) is 11.3. The summed E-state index contributed by atoms with van der Waals surface area (Å²) in [4.78, 5) is 27.8. The van der Waals surface area contributed by atoms with Crippen LogP contribution >= 0.6 is 23.1 Å². The van der Waals surface area contributed by atoms with E-state index in [0.717, 1.165) is 11.1 Å². The van der Waals surface area contributed by atoms with Crippen molar-refractivity contribution in [3.05, 3.63) is 119 Å². The van der Waals surface area contributed by atoms with Gasteiger partial charge in [-0.1, -0.05) is 102 Å². The highest BCUT2D eigenvalue weighted by molar-refractivity contribution is 8.00. The van der Waals surface area contributed by atoms with Crippen LogP contribution in [-0.2, 0) is 15.3 Å². The van der Waals surface area contributed by atoms with Gasteiger partial charge in [-0.15, -0.1) is 10.2 Å². The third-order valence-corrected chi connectivity index (χ3v) is 7.82. The molecule has 2 N–H and O–H groups in total. The Hall–Kier alpha value is -4.21. The molecule has 0 fully saturated rings. The molecular formula is C28H21N3O4S2. The molecule has 184 valence electrons. The predicted molar refractivity (Wildman–Crippen MR) is 144 cm³/mol. The fourth-order valence-electron chi connectivity index (χ4n) is 3.97. The molecule has 9 heteroatoms. The largest absolute Gasteiger partial charge is 0.508 e. The van der Waals surface area contributed by atoms with Gasteiger partial charge in [0.1, 0.15) is 5.75 Å². The van der Waals surface area contributed by atoms with E-state index in [9.17, 15) is 19.8 Å². The fraction of sp³-hybridized carbons (Fsp3) is 0.0714. The van der Waals surface area contributed by atoms with Gasteiger partial charge in [0.25, 0.3) is 5.91 Å². The number of amides is 1. The molecule has 1 atom stereocenters. The standard InChI is InChI=1S/C28H21N3O4S2/c32-21-13-7-12-20(16-21)24-23(22(33)15-14-18-8-3-1-4-9-18)25(34)26(35)31(24)27-29-30-28(37-27)36-17-19-10-5-2-6-11-19/h1-16,24,32,34H,17H2/b15-14+. The first kappa shape index (κ1) is 24.5. The SMILES string of the molecule is O=C(/C=C/c1ccccc1)C1=C(O)C(=O)N(c2nnc(SCc3ccccc3)s2)C1c1cccc(O)c1. The van der Waals surface area contributed by atoms with Crippen LogP contribution in [0.2, 0.25) is 0 Å². The lowest BCUT2D eigenvalue weighted by Gasteiger charge is -2.23. The molecule has 7 nitrogen and oxygen atoms in total. The van der Waals surface area contributed by atoms with Crippen molar-refractivity contribution in [1.82, 2.24) is 10.2 Å². The summed E-state index contributed by atoms with van der Waals surface area (Å²) < 4.78 is 0.643. The Morgan fingerprint density at radius 2 is 1.70 bits per heavy atom. The second-order valence-electron chi connectivity index (χ2n) is 8.17. The molecule has 0 saturated heterocycles. The van der Waals surface area contributed by atoms with Crippen LogP contribution in [0.5, 0.6) is 5.75 Å². The normalized spacial score (nSPS) is 15.6. The zero-order chi connectivity index (χ0) is 25.8. The second-order valence-corrected chi connectivity index (χ2v) is 10.3. The molecule has 5 rings (SSSR count). The molecule has 1 aliphatic rings. The van der Waals surface area contributed by atoms with Crippen molar-refractivity contribution in [3.63, 3.8) is 0 Å². The molecule has 1 aliphatic heterocycles. The predicted octanol–water partition coefficient (Wildman–Crippen LogP) is 5.72. The first-order chi connectivity index (χ1) is 18.0. The molecule has 2 heterocycles. The number of allylic oxidation sites excluding steroid dienone is 1. The van der Waals surface area contributed by atoms with Crippen molar-refractivity contribution in [2.75, 3.05) is 4.90 Å². The average molecular weight is 528 g/mol. The average Bonchev–Trinajstić information content (AvgIpc) is 3.49. The van der Waals surface area contributed by atoms with Crippen molar-refractivity contribution >= 4 is 46.0 Å². The van der Waals surface area contributed by atoms with Crippen molar-refractivity contribution < 1.29 is 19.8 Å². The van der Waals surface area contributed by atoms with Gasteiger partial charge in [-0.25, -0.2) is 0 Å². The molecule has 1 amide bonds. The number of aromatic hydroxyl groups is 1. The summed E-state index contributed by atoms with van der Waals surface area (Å²) in [5.41, 5.74) is 2.30. The lowest BCUT2D eigenvalue weighted by molar-refractivity contribution is -0.117. The number of benzene rings is 3. The van der Waals surface area contributed by atoms with E-state index in [-0.39, 0.29) is 16.5 Å². The summed E-state index contributed by atoms with van der Waals surface area (Å²) in [5.74, 6) is -1.27. The van der Waals surface area contributed by atoms with Gasteiger partial charge in [-0.2, -0.15) is 0 Å². The van der Waals surface area contributed by atoms with Gasteiger partial charge in [0.2, 0.25) is 5.13 Å². The van der Waals surface area contributed by atoms with E-state index in [4.69, 9.17) is 0 Å². The number of hydrogen-bond donors (Lipinski definition) is 2. The van der Waals surface area contributed by atoms with Crippen LogP contribution < -0.4 is 4.90 Å². The number of rotatable bonds is 8. The molecule has 3 aromatic carbocycles. The minimum Gasteiger partial charge on any atom is -0.508 e. The van der Waals surface area contributed by atoms with E-state index in [1.165, 1.54) is 46.2 Å². The molecule has 0 aliphatic carbocycles. The lowest BCUT2D eigenvalue weighted by Crippen LogP contribution is -2.30. The molecule has 4 aromatic rings. The Morgan fingerprint density at radius 1 is 0.973 bits per heavy atom. The summed E-state index contributed by atoms with van der Waals surface area (Å²) in [6.45, 7) is 0. The van der Waals surface area contributed by atoms with Crippen LogP contribution in [0.1, 0.15) is 22.7 Å². The van der Waals surface area contributed by atoms with E-state index in [1.54, 1.807) is 18.2 Å². The molecule has 1 unspecified atom stereocenters. The third kappa shape index (κ3) is 5.32. The van der Waals surface area contributed by atoms with Gasteiger partial charge in [-0.05, 0) is 34.9 Å². The number of ketones is 1. The number of carbonyl (C=O) groups is 2. The minimum absolute atomic E-state index is 0.0284. The Morgan fingerprint density at radius 3 is 2.43 bits per heavy atom. The number of phenolic OH excluding ortho intramolecular Hbond substituents is 1. The Labute approximate surface area is 221 Å². The van der Waals surface area contributed by atoms with Crippen molar-refractivity contribution in [3.8, 4) is 5.75 Å². The number of phenols is 1. The highest BCUT2D eigenvalue weighted by Gasteiger charge is 2.45. The molecule has 0 saturated carbocycles. The van der Waals surface area contributed by atoms with Crippen molar-refractivity contribution in [2.45, 2.75) is 16.1 Å². The van der Waals surface area contributed by atoms with Gasteiger partial charge in [0.05, 0.1) is 11.6 Å². The summed E-state index contributed by atoms with van der Waals surface area (Å²) in [6, 6.07) is 24.4. The molecule has 0 spiro atoms. The summed E-state index contributed by atoms with van der Waals surface area (Å²) in [6.07, 6.45) is 2.95. The van der Waals surface area contributed by atoms with E-state index >= 15 is 0 Å². The zero-order valence-electron chi connectivity index (χ0n) is 19.4. The van der Waals surface area contributed by atoms with E-state index in [0.29, 0.717) is 15.7 Å². The summed E-state index contributed by atoms with van der Waals surface area (Å²) in [5, 5.41) is 29.6. The third-order valence-electron chi connectivity index (χ3n) is 5.69. The van der Waals surface area contributed by atoms with Crippen LogP contribution in [0.3, 0.4) is 0 Å². The number of aromatic nitrogens is 2. The van der Waals surface area contributed by atoms with Gasteiger partial charge in [0.15, 0.2) is 15.9 Å². The van der Waals surface area contributed by atoms with Gasteiger partial charge >= 0.3 is 0 Å². The van der Waals surface area contributed by atoms with Crippen LogP contribution in [0.4, 0.5) is 5.13 Å². The maximum atomic E-state index is 13.3. The fourth-order valence-corrected chi connectivity index (χ4v) is 5.79. The second kappa shape index (κ2) is 10.8. The number of aliphatic hydroxyl groups is 1. The number of anilines is 1. The topological polar surface area (TPSA) is 104 Å². The molecule has 1 aromatic heterocycles. The Bertz CT molecular complexity index is 1500. The highest BCUT2D eigenvalue weighted by atomic mass is 32.2. The molecular weight excluding hydrogens is 506 g/mol. The van der Waals surface area contributed by atoms with E-state index in [2.05, 4.69) is 10.2 Å². The Balaban J connectivity index is 1.47. The van der Waals surface area contributed by atoms with E-state index < -0.39 is 23.5 Å². The van der Waals surface area contributed by atoms with Gasteiger partial charge in [0, 0.05) is 5.75 Å². The maximum absolute atomic E-state index is 13.3. The van der Waals surface area contributed by atoms with Crippen LogP contribution in [0.25, 0.3) is 6.08 Å². The van der Waals surface area contributed by atoms with Crippen LogP contribution in [0.15, 0.2) is 107 Å². The van der Waals surface area contributed by atoms with Gasteiger partial charge < -0.3 is 10.2 Å². The van der Waals surface area contributed by atoms with Crippen LogP contribution in [0, 0.1) is 0 Å². The monoisotopic (exact) mass is 527 g/mol. The molecule has 37 heavy (non-hydrogen) atoms. The van der Waals surface area contributed by atoms with Gasteiger partial charge in [-0.3, -0.25) is 14.5 Å². The first-order valence-corrected chi connectivity index (χ1v) is 13.1. The minimum atomic E-state index is -0.979. The van der Waals surface area contributed by atoms with Crippen molar-refractivity contribution in [1.29, 1.82) is 0 Å². The highest BCUT2D eigenvalue weighted by Crippen LogP contribution is 2.43. The molecule has 0 bridgehead atoms. The summed E-state index contributed by atoms with van der Waals surface area (Å²) >= 11 is 2.68.